The van der Waals surface area contributed by atoms with E-state index in [1.54, 1.807) is 12.1 Å². The first-order valence-electron chi connectivity index (χ1n) is 6.86. The van der Waals surface area contributed by atoms with Crippen LogP contribution in [0.15, 0.2) is 24.3 Å². The van der Waals surface area contributed by atoms with E-state index in [1.807, 2.05) is 26.0 Å². The fourth-order valence-corrected chi connectivity index (χ4v) is 2.05. The third kappa shape index (κ3) is 4.69. The first kappa shape index (κ1) is 16.8. The Bertz CT molecular complexity index is 425. The Kier molecular flexibility index (Phi) is 6.82. The zero-order valence-electron chi connectivity index (χ0n) is 12.0. The molecule has 0 aliphatic rings. The van der Waals surface area contributed by atoms with Crippen molar-refractivity contribution in [3.63, 3.8) is 0 Å². The van der Waals surface area contributed by atoms with E-state index in [9.17, 15) is 9.90 Å². The van der Waals surface area contributed by atoms with Crippen molar-refractivity contribution in [2.45, 2.75) is 38.6 Å². The molecule has 1 rings (SSSR count). The Morgan fingerprint density at radius 2 is 2.00 bits per heavy atom. The molecule has 0 bridgehead atoms. The van der Waals surface area contributed by atoms with Gasteiger partial charge in [0.05, 0.1) is 30.2 Å². The van der Waals surface area contributed by atoms with Gasteiger partial charge in [-0.25, -0.2) is 0 Å². The number of benzene rings is 1. The van der Waals surface area contributed by atoms with Gasteiger partial charge in [0.2, 0.25) is 5.91 Å². The topological polar surface area (TPSA) is 58.6 Å². The standard InChI is InChI=1S/C15H22ClNO3/c1-3-15(4-2,11-18)17-14(19)9-10-20-13-8-6-5-7-12(13)16/h5-8,18H,3-4,9-11H2,1-2H3,(H,17,19). The average Bonchev–Trinajstić information content (AvgIpc) is 2.47. The molecular weight excluding hydrogens is 278 g/mol. The molecule has 1 amide bonds. The fraction of sp³-hybridized carbons (Fsp3) is 0.533. The highest BCUT2D eigenvalue weighted by Gasteiger charge is 2.26. The number of para-hydroxylation sites is 1. The molecule has 0 saturated heterocycles. The van der Waals surface area contributed by atoms with E-state index in [-0.39, 0.29) is 25.5 Å². The summed E-state index contributed by atoms with van der Waals surface area (Å²) in [6, 6.07) is 7.14. The number of carbonyl (C=O) groups is 1. The first-order valence-corrected chi connectivity index (χ1v) is 7.24. The SMILES string of the molecule is CCC(CC)(CO)NC(=O)CCOc1ccccc1Cl. The molecule has 0 fully saturated rings. The molecule has 5 heteroatoms. The van der Waals surface area contributed by atoms with E-state index < -0.39 is 5.54 Å². The van der Waals surface area contributed by atoms with Crippen molar-refractivity contribution >= 4 is 17.5 Å². The zero-order valence-corrected chi connectivity index (χ0v) is 12.7. The van der Waals surface area contributed by atoms with Crippen LogP contribution in [0, 0.1) is 0 Å². The van der Waals surface area contributed by atoms with Crippen molar-refractivity contribution < 1.29 is 14.6 Å². The summed E-state index contributed by atoms with van der Waals surface area (Å²) in [4.78, 5) is 11.9. The quantitative estimate of drug-likeness (QED) is 0.776. The Morgan fingerprint density at radius 3 is 2.55 bits per heavy atom. The molecule has 0 heterocycles. The van der Waals surface area contributed by atoms with Gasteiger partial charge < -0.3 is 15.2 Å². The number of hydrogen-bond acceptors (Lipinski definition) is 3. The Morgan fingerprint density at radius 1 is 1.35 bits per heavy atom. The summed E-state index contributed by atoms with van der Waals surface area (Å²) in [5.74, 6) is 0.441. The molecule has 0 unspecified atom stereocenters. The van der Waals surface area contributed by atoms with E-state index in [0.29, 0.717) is 23.6 Å². The lowest BCUT2D eigenvalue weighted by Crippen LogP contribution is -2.50. The van der Waals surface area contributed by atoms with E-state index in [1.165, 1.54) is 0 Å². The number of nitrogens with one attached hydrogen (secondary N) is 1. The van der Waals surface area contributed by atoms with Gasteiger partial charge in [-0.15, -0.1) is 0 Å². The molecule has 0 atom stereocenters. The molecule has 0 aromatic heterocycles. The summed E-state index contributed by atoms with van der Waals surface area (Å²) in [5, 5.41) is 12.8. The third-order valence-corrected chi connectivity index (χ3v) is 3.80. The number of halogens is 1. The smallest absolute Gasteiger partial charge is 0.223 e. The lowest BCUT2D eigenvalue weighted by atomic mass is 9.94. The lowest BCUT2D eigenvalue weighted by Gasteiger charge is -2.30. The van der Waals surface area contributed by atoms with Crippen LogP contribution in [-0.4, -0.2) is 29.8 Å². The highest BCUT2D eigenvalue weighted by Crippen LogP contribution is 2.23. The second-order valence-electron chi connectivity index (χ2n) is 4.72. The molecule has 0 spiro atoms. The number of amides is 1. The molecule has 112 valence electrons. The highest BCUT2D eigenvalue weighted by atomic mass is 35.5. The van der Waals surface area contributed by atoms with Crippen molar-refractivity contribution in [3.05, 3.63) is 29.3 Å². The van der Waals surface area contributed by atoms with Gasteiger partial charge in [-0.2, -0.15) is 0 Å². The summed E-state index contributed by atoms with van der Waals surface area (Å²) in [6.07, 6.45) is 1.61. The minimum Gasteiger partial charge on any atom is -0.491 e. The maximum atomic E-state index is 11.9. The largest absolute Gasteiger partial charge is 0.491 e. The van der Waals surface area contributed by atoms with Crippen LogP contribution in [0.3, 0.4) is 0 Å². The van der Waals surface area contributed by atoms with Gasteiger partial charge in [0.25, 0.3) is 0 Å². The summed E-state index contributed by atoms with van der Waals surface area (Å²) < 4.78 is 5.47. The molecule has 0 saturated carbocycles. The molecule has 4 nitrogen and oxygen atoms in total. The number of hydrogen-bond donors (Lipinski definition) is 2. The van der Waals surface area contributed by atoms with Crippen LogP contribution in [0.2, 0.25) is 5.02 Å². The van der Waals surface area contributed by atoms with Gasteiger partial charge in [-0.1, -0.05) is 37.6 Å². The van der Waals surface area contributed by atoms with Crippen molar-refractivity contribution in [1.29, 1.82) is 0 Å². The molecule has 2 N–H and O–H groups in total. The number of aliphatic hydroxyl groups excluding tert-OH is 1. The maximum Gasteiger partial charge on any atom is 0.223 e. The van der Waals surface area contributed by atoms with Gasteiger partial charge in [-0.3, -0.25) is 4.79 Å². The Hall–Kier alpha value is -1.26. The van der Waals surface area contributed by atoms with Crippen LogP contribution < -0.4 is 10.1 Å². The molecular formula is C15H22ClNO3. The van der Waals surface area contributed by atoms with Gasteiger partial charge in [-0.05, 0) is 25.0 Å². The van der Waals surface area contributed by atoms with Crippen LogP contribution in [0.4, 0.5) is 0 Å². The molecule has 0 radical (unpaired) electrons. The van der Waals surface area contributed by atoms with Crippen LogP contribution in [0.5, 0.6) is 5.75 Å². The number of rotatable bonds is 8. The fourth-order valence-electron chi connectivity index (χ4n) is 1.86. The molecule has 1 aromatic rings. The normalized spacial score (nSPS) is 11.2. The minimum absolute atomic E-state index is 0.0584. The van der Waals surface area contributed by atoms with E-state index >= 15 is 0 Å². The molecule has 0 aliphatic carbocycles. The van der Waals surface area contributed by atoms with Crippen molar-refractivity contribution in [2.24, 2.45) is 0 Å². The van der Waals surface area contributed by atoms with Crippen molar-refractivity contribution in [3.8, 4) is 5.75 Å². The summed E-state index contributed by atoms with van der Waals surface area (Å²) in [7, 11) is 0. The Balaban J connectivity index is 2.42. The number of aliphatic hydroxyl groups is 1. The highest BCUT2D eigenvalue weighted by molar-refractivity contribution is 6.32. The zero-order chi connectivity index (χ0) is 15.0. The van der Waals surface area contributed by atoms with Gasteiger partial charge in [0.1, 0.15) is 5.75 Å². The summed E-state index contributed by atoms with van der Waals surface area (Å²) >= 11 is 5.95. The van der Waals surface area contributed by atoms with Crippen LogP contribution in [0.25, 0.3) is 0 Å². The molecule has 1 aromatic carbocycles. The van der Waals surface area contributed by atoms with E-state index in [4.69, 9.17) is 16.3 Å². The number of ether oxygens (including phenoxy) is 1. The summed E-state index contributed by atoms with van der Waals surface area (Å²) in [6.45, 7) is 4.09. The van der Waals surface area contributed by atoms with E-state index in [2.05, 4.69) is 5.32 Å². The van der Waals surface area contributed by atoms with Crippen LogP contribution >= 0.6 is 11.6 Å². The lowest BCUT2D eigenvalue weighted by molar-refractivity contribution is -0.124. The molecule has 20 heavy (non-hydrogen) atoms. The second-order valence-corrected chi connectivity index (χ2v) is 5.13. The first-order chi connectivity index (χ1) is 9.56. The summed E-state index contributed by atoms with van der Waals surface area (Å²) in [5.41, 5.74) is -0.526. The third-order valence-electron chi connectivity index (χ3n) is 3.48. The van der Waals surface area contributed by atoms with Crippen LogP contribution in [0.1, 0.15) is 33.1 Å². The maximum absolute atomic E-state index is 11.9. The monoisotopic (exact) mass is 299 g/mol. The van der Waals surface area contributed by atoms with Gasteiger partial charge in [0.15, 0.2) is 0 Å². The molecule has 0 aliphatic heterocycles. The predicted octanol–water partition coefficient (Wildman–Crippen LogP) is 2.78. The Labute approximate surface area is 125 Å². The second kappa shape index (κ2) is 8.12. The van der Waals surface area contributed by atoms with Gasteiger partial charge >= 0.3 is 0 Å². The van der Waals surface area contributed by atoms with Crippen molar-refractivity contribution in [2.75, 3.05) is 13.2 Å². The number of carbonyl (C=O) groups excluding carboxylic acids is 1. The van der Waals surface area contributed by atoms with Gasteiger partial charge in [0, 0.05) is 0 Å². The average molecular weight is 300 g/mol. The predicted molar refractivity (Wildman–Crippen MR) is 80.1 cm³/mol. The van der Waals surface area contributed by atoms with Crippen molar-refractivity contribution in [1.82, 2.24) is 5.32 Å². The van der Waals surface area contributed by atoms with E-state index in [0.717, 1.165) is 0 Å². The van der Waals surface area contributed by atoms with Crippen LogP contribution in [-0.2, 0) is 4.79 Å². The minimum atomic E-state index is -0.526.